The molecule has 0 spiro atoms. The highest BCUT2D eigenvalue weighted by atomic mass is 16.3. The molecule has 0 aliphatic carbocycles. The lowest BCUT2D eigenvalue weighted by Gasteiger charge is -2.21. The van der Waals surface area contributed by atoms with Crippen molar-refractivity contribution < 1.29 is 40.1 Å². The van der Waals surface area contributed by atoms with Crippen LogP contribution in [0.3, 0.4) is 0 Å². The Morgan fingerprint density at radius 2 is 0.942 bits per heavy atom. The molecule has 10 rings (SSSR count). The summed E-state index contributed by atoms with van der Waals surface area (Å²) < 4.78 is 241. The summed E-state index contributed by atoms with van der Waals surface area (Å²) in [7, 11) is 0. The van der Waals surface area contributed by atoms with E-state index >= 15 is 0 Å². The van der Waals surface area contributed by atoms with Gasteiger partial charge in [-0.3, -0.25) is 0 Å². The molecular weight excluding hydrogens is 629 g/mol. The van der Waals surface area contributed by atoms with Gasteiger partial charge < -0.3 is 4.42 Å². The van der Waals surface area contributed by atoms with E-state index in [1.165, 1.54) is 6.07 Å². The van der Waals surface area contributed by atoms with Crippen LogP contribution in [0.25, 0.3) is 98.8 Å². The topological polar surface area (TPSA) is 13.1 Å². The summed E-state index contributed by atoms with van der Waals surface area (Å²) in [5.41, 5.74) is -2.68. The first kappa shape index (κ1) is 13.9. The third-order valence-corrected chi connectivity index (χ3v) is 9.46. The second kappa shape index (κ2) is 11.8. The van der Waals surface area contributed by atoms with Crippen LogP contribution >= 0.6 is 0 Å². The number of hydrogen-bond acceptors (Lipinski definition) is 1. The Bertz CT molecular complexity index is 4390. The van der Waals surface area contributed by atoms with Crippen molar-refractivity contribution in [1.82, 2.24) is 0 Å². The summed E-state index contributed by atoms with van der Waals surface area (Å²) in [4.78, 5) is 0. The molecule has 0 radical (unpaired) electrons. The molecule has 1 aromatic heterocycles. The van der Waals surface area contributed by atoms with E-state index in [4.69, 9.17) is 26.3 Å². The van der Waals surface area contributed by atoms with Crippen molar-refractivity contribution >= 4 is 54.3 Å². The number of benzene rings is 9. The summed E-state index contributed by atoms with van der Waals surface area (Å²) in [5.74, 6) is 0. The molecule has 0 amide bonds. The fourth-order valence-corrected chi connectivity index (χ4v) is 6.82. The first-order valence-electron chi connectivity index (χ1n) is 29.0. The standard InChI is InChI=1S/C51H36O/c1-31-32(2)47(50-45-29-28-38(34-14-5-4-6-15-34)30-46(45)52-51(50)33(31)3)49-43-21-11-9-19-41(43)48(42-20-10-12-22-44(42)49)37-26-24-36(25-27-37)40-23-13-17-35-16-7-8-18-39(35)40/h4-30H,1-3H3/i4D,5D,6D,7D,8D,9D,10D,11D,12D,13D,14D,15D,16D,17D,18D,19D,20D,21D,22D,23D,24D,25D,26D,27D,28D,29D. The van der Waals surface area contributed by atoms with E-state index in [0.717, 1.165) is 0 Å². The molecule has 9 aromatic carbocycles. The van der Waals surface area contributed by atoms with Crippen LogP contribution in [0.15, 0.2) is 168 Å². The molecule has 0 aliphatic rings. The Morgan fingerprint density at radius 3 is 1.63 bits per heavy atom. The van der Waals surface area contributed by atoms with E-state index in [1.807, 2.05) is 0 Å². The summed E-state index contributed by atoms with van der Waals surface area (Å²) in [6.07, 6.45) is 0. The molecule has 1 nitrogen and oxygen atoms in total. The Labute approximate surface area is 339 Å². The molecule has 0 aliphatic heterocycles. The van der Waals surface area contributed by atoms with Crippen molar-refractivity contribution in [3.05, 3.63) is 180 Å². The molecular formula is C51H36O. The fraction of sp³-hybridized carbons (Fsp3) is 0.0588. The van der Waals surface area contributed by atoms with Gasteiger partial charge in [-0.05, 0) is 126 Å². The van der Waals surface area contributed by atoms with Crippen LogP contribution in [0.4, 0.5) is 0 Å². The lowest BCUT2D eigenvalue weighted by Crippen LogP contribution is -1.96. The molecule has 1 heteroatoms. The highest BCUT2D eigenvalue weighted by Crippen LogP contribution is 2.50. The molecule has 0 saturated carbocycles. The normalized spacial score (nSPS) is 18.8. The van der Waals surface area contributed by atoms with E-state index in [1.54, 1.807) is 20.8 Å². The molecule has 0 N–H and O–H groups in total. The Hall–Kier alpha value is -6.44. The van der Waals surface area contributed by atoms with Gasteiger partial charge in [-0.15, -0.1) is 0 Å². The first-order valence-corrected chi connectivity index (χ1v) is 16.0. The summed E-state index contributed by atoms with van der Waals surface area (Å²) in [5, 5.41) is -3.29. The molecule has 52 heavy (non-hydrogen) atoms. The first-order chi connectivity index (χ1) is 36.4. The van der Waals surface area contributed by atoms with Gasteiger partial charge in [0.05, 0.1) is 35.6 Å². The SMILES string of the molecule is [2H]c1c([2H])c([2H])c(-c2cc3oc4c(C)c(C)c(C)c(-c5c6c([2H])c([2H])c([2H])c([2H])c6c(-c6c([2H])c([2H])c(-c7c([2H])c([2H])c([2H])c8c([2H])c([2H])c([2H])c([2H])c78)c([2H])c6[2H])c6c([2H])c([2H])c([2H])c([2H])c56)c4c3c([2H])c2[2H])c([2H])c1[2H]. The maximum atomic E-state index is 9.69. The predicted octanol–water partition coefficient (Wildman–Crippen LogP) is 14.6. The highest BCUT2D eigenvalue weighted by molar-refractivity contribution is 6.26. The molecule has 10 aromatic rings. The Morgan fingerprint density at radius 1 is 0.385 bits per heavy atom. The second-order valence-corrected chi connectivity index (χ2v) is 12.1. The lowest BCUT2D eigenvalue weighted by atomic mass is 9.82. The minimum absolute atomic E-state index is 0.00402. The quantitative estimate of drug-likeness (QED) is 0.168. The maximum absolute atomic E-state index is 9.69. The number of furan rings is 1. The summed E-state index contributed by atoms with van der Waals surface area (Å²) in [6, 6.07) is -20.1. The number of aryl methyl sites for hydroxylation is 1. The van der Waals surface area contributed by atoms with Crippen LogP contribution in [-0.4, -0.2) is 0 Å². The third kappa shape index (κ3) is 4.56. The minimum atomic E-state index is -1.02. The smallest absolute Gasteiger partial charge is 0.139 e. The van der Waals surface area contributed by atoms with Gasteiger partial charge in [-0.25, -0.2) is 0 Å². The van der Waals surface area contributed by atoms with Gasteiger partial charge in [0.15, 0.2) is 0 Å². The molecule has 1 heterocycles. The zero-order valence-corrected chi connectivity index (χ0v) is 27.5. The van der Waals surface area contributed by atoms with E-state index in [0.29, 0.717) is 16.7 Å². The second-order valence-electron chi connectivity index (χ2n) is 12.1. The third-order valence-electron chi connectivity index (χ3n) is 9.46. The van der Waals surface area contributed by atoms with Gasteiger partial charge in [-0.1, -0.05) is 151 Å². The zero-order chi connectivity index (χ0) is 57.5. The van der Waals surface area contributed by atoms with Gasteiger partial charge in [0.2, 0.25) is 0 Å². The molecule has 0 atom stereocenters. The van der Waals surface area contributed by atoms with Crippen LogP contribution in [0.5, 0.6) is 0 Å². The van der Waals surface area contributed by atoms with Gasteiger partial charge in [-0.2, -0.15) is 0 Å². The van der Waals surface area contributed by atoms with Gasteiger partial charge in [0.1, 0.15) is 11.2 Å². The van der Waals surface area contributed by atoms with Crippen LogP contribution in [0.2, 0.25) is 0 Å². The van der Waals surface area contributed by atoms with E-state index in [2.05, 4.69) is 0 Å². The largest absolute Gasteiger partial charge is 0.456 e. The number of rotatable bonds is 4. The van der Waals surface area contributed by atoms with Crippen molar-refractivity contribution in [3.8, 4) is 44.5 Å². The lowest BCUT2D eigenvalue weighted by molar-refractivity contribution is 0.665. The average Bonchev–Trinajstić information content (AvgIpc) is 3.93. The van der Waals surface area contributed by atoms with E-state index in [-0.39, 0.29) is 38.6 Å². The summed E-state index contributed by atoms with van der Waals surface area (Å²) >= 11 is 0. The zero-order valence-electron chi connectivity index (χ0n) is 53.5. The van der Waals surface area contributed by atoms with E-state index in [9.17, 15) is 13.7 Å². The molecule has 0 unspecified atom stereocenters. The minimum Gasteiger partial charge on any atom is -0.456 e. The van der Waals surface area contributed by atoms with Gasteiger partial charge in [0.25, 0.3) is 0 Å². The number of hydrogen-bond donors (Lipinski definition) is 0. The molecule has 246 valence electrons. The van der Waals surface area contributed by atoms with Crippen molar-refractivity contribution in [2.24, 2.45) is 0 Å². The van der Waals surface area contributed by atoms with Crippen LogP contribution in [-0.2, 0) is 0 Å². The molecule has 0 bridgehead atoms. The van der Waals surface area contributed by atoms with E-state index < -0.39 is 217 Å². The molecule has 0 fully saturated rings. The van der Waals surface area contributed by atoms with Crippen molar-refractivity contribution in [1.29, 1.82) is 0 Å². The van der Waals surface area contributed by atoms with Crippen LogP contribution in [0.1, 0.15) is 52.3 Å². The average molecular weight is 691 g/mol. The fourth-order valence-electron chi connectivity index (χ4n) is 6.82. The molecule has 0 saturated heterocycles. The predicted molar refractivity (Wildman–Crippen MR) is 222 cm³/mol. The van der Waals surface area contributed by atoms with Crippen molar-refractivity contribution in [2.75, 3.05) is 0 Å². The highest BCUT2D eigenvalue weighted by Gasteiger charge is 2.24. The van der Waals surface area contributed by atoms with Crippen LogP contribution in [0, 0.1) is 20.8 Å². The Balaban J connectivity index is 1.45. The van der Waals surface area contributed by atoms with Crippen LogP contribution < -0.4 is 0 Å². The van der Waals surface area contributed by atoms with Crippen molar-refractivity contribution in [3.63, 3.8) is 0 Å². The monoisotopic (exact) mass is 690 g/mol. The Kier molecular flexibility index (Phi) is 3.17. The van der Waals surface area contributed by atoms with Crippen molar-refractivity contribution in [2.45, 2.75) is 20.8 Å². The van der Waals surface area contributed by atoms with Gasteiger partial charge >= 0.3 is 0 Å². The maximum Gasteiger partial charge on any atom is 0.139 e. The van der Waals surface area contributed by atoms with Gasteiger partial charge in [0, 0.05) is 10.8 Å². The number of fused-ring (bicyclic) bond motifs is 6. The summed E-state index contributed by atoms with van der Waals surface area (Å²) in [6.45, 7) is 4.94.